The van der Waals surface area contributed by atoms with Crippen molar-refractivity contribution in [3.8, 4) is 5.75 Å². The van der Waals surface area contributed by atoms with Crippen LogP contribution in [0.4, 0.5) is 4.39 Å². The number of halogens is 2. The first-order chi connectivity index (χ1) is 15.0. The quantitative estimate of drug-likeness (QED) is 0.638. The molecule has 1 aliphatic rings. The van der Waals surface area contributed by atoms with Gasteiger partial charge in [0.1, 0.15) is 17.6 Å². The molecule has 0 aromatic heterocycles. The molecule has 2 aromatic carbocycles. The third-order valence-corrected chi connectivity index (χ3v) is 5.92. The van der Waals surface area contributed by atoms with Gasteiger partial charge in [-0.3, -0.25) is 9.59 Å². The molecule has 1 fully saturated rings. The van der Waals surface area contributed by atoms with Gasteiger partial charge in [-0.2, -0.15) is 0 Å². The molecular formula is C24H28ClFN2O3. The second-order valence-electron chi connectivity index (χ2n) is 7.85. The van der Waals surface area contributed by atoms with E-state index in [9.17, 15) is 14.0 Å². The fraction of sp³-hybridized carbons (Fsp3) is 0.417. The lowest BCUT2D eigenvalue weighted by molar-refractivity contribution is -0.142. The number of nitrogens with zero attached hydrogens (tertiary/aromatic N) is 1. The van der Waals surface area contributed by atoms with Gasteiger partial charge in [-0.05, 0) is 38.0 Å². The molecule has 0 bridgehead atoms. The largest absolute Gasteiger partial charge is 0.482 e. The molecule has 7 heteroatoms. The molecule has 1 N–H and O–H groups in total. The zero-order valence-electron chi connectivity index (χ0n) is 17.7. The third kappa shape index (κ3) is 6.44. The molecule has 0 aliphatic heterocycles. The SMILES string of the molecule is C[C@H](C(=O)NC1CCCCC1)N(Cc1ccccc1F)C(=O)COc1ccccc1Cl. The van der Waals surface area contributed by atoms with E-state index in [0.717, 1.165) is 25.7 Å². The molecule has 0 unspecified atom stereocenters. The fourth-order valence-electron chi connectivity index (χ4n) is 3.75. The van der Waals surface area contributed by atoms with Crippen LogP contribution < -0.4 is 10.1 Å². The summed E-state index contributed by atoms with van der Waals surface area (Å²) < 4.78 is 19.8. The number of hydrogen-bond donors (Lipinski definition) is 1. The summed E-state index contributed by atoms with van der Waals surface area (Å²) in [6.07, 6.45) is 5.23. The maximum atomic E-state index is 14.3. The number of carbonyl (C=O) groups is 2. The van der Waals surface area contributed by atoms with E-state index in [1.165, 1.54) is 17.4 Å². The summed E-state index contributed by atoms with van der Waals surface area (Å²) in [5, 5.41) is 3.44. The summed E-state index contributed by atoms with van der Waals surface area (Å²) in [5.41, 5.74) is 0.339. The molecule has 166 valence electrons. The Morgan fingerprint density at radius 3 is 2.52 bits per heavy atom. The first kappa shape index (κ1) is 23.1. The van der Waals surface area contributed by atoms with Crippen LogP contribution in [0.3, 0.4) is 0 Å². The molecule has 2 aromatic rings. The average molecular weight is 447 g/mol. The van der Waals surface area contributed by atoms with Gasteiger partial charge in [-0.1, -0.05) is 61.2 Å². The summed E-state index contributed by atoms with van der Waals surface area (Å²) in [6, 6.07) is 12.4. The van der Waals surface area contributed by atoms with E-state index in [0.29, 0.717) is 16.3 Å². The third-order valence-electron chi connectivity index (χ3n) is 5.61. The molecule has 0 heterocycles. The predicted molar refractivity (Wildman–Crippen MR) is 118 cm³/mol. The Morgan fingerprint density at radius 2 is 1.81 bits per heavy atom. The first-order valence-electron chi connectivity index (χ1n) is 10.7. The second-order valence-corrected chi connectivity index (χ2v) is 8.26. The van der Waals surface area contributed by atoms with Crippen LogP contribution in [0.15, 0.2) is 48.5 Å². The van der Waals surface area contributed by atoms with Crippen LogP contribution in [0.25, 0.3) is 0 Å². The molecule has 2 amide bonds. The van der Waals surface area contributed by atoms with E-state index in [1.807, 2.05) is 0 Å². The van der Waals surface area contributed by atoms with Gasteiger partial charge >= 0.3 is 0 Å². The van der Waals surface area contributed by atoms with Gasteiger partial charge in [0.25, 0.3) is 5.91 Å². The number of benzene rings is 2. The van der Waals surface area contributed by atoms with Crippen molar-refractivity contribution in [3.63, 3.8) is 0 Å². The predicted octanol–water partition coefficient (Wildman–Crippen LogP) is 4.72. The zero-order chi connectivity index (χ0) is 22.2. The Labute approximate surface area is 187 Å². The van der Waals surface area contributed by atoms with Crippen molar-refractivity contribution in [3.05, 3.63) is 64.9 Å². The lowest BCUT2D eigenvalue weighted by Gasteiger charge is -2.31. The Bertz CT molecular complexity index is 902. The average Bonchev–Trinajstić information content (AvgIpc) is 2.78. The van der Waals surface area contributed by atoms with E-state index < -0.39 is 17.8 Å². The smallest absolute Gasteiger partial charge is 0.261 e. The van der Waals surface area contributed by atoms with Gasteiger partial charge in [-0.25, -0.2) is 4.39 Å². The van der Waals surface area contributed by atoms with Crippen LogP contribution in [-0.4, -0.2) is 35.4 Å². The van der Waals surface area contributed by atoms with Crippen LogP contribution >= 0.6 is 11.6 Å². The number of amides is 2. The van der Waals surface area contributed by atoms with Crippen LogP contribution in [0, 0.1) is 5.82 Å². The zero-order valence-corrected chi connectivity index (χ0v) is 18.4. The normalized spacial score (nSPS) is 15.2. The maximum Gasteiger partial charge on any atom is 0.261 e. The molecule has 3 rings (SSSR count). The van der Waals surface area contributed by atoms with Crippen molar-refractivity contribution in [1.29, 1.82) is 0 Å². The topological polar surface area (TPSA) is 58.6 Å². The summed E-state index contributed by atoms with van der Waals surface area (Å²) in [4.78, 5) is 27.3. The van der Waals surface area contributed by atoms with Crippen molar-refractivity contribution in [2.45, 2.75) is 57.7 Å². The number of ether oxygens (including phenoxy) is 1. The molecule has 0 saturated heterocycles. The molecule has 1 aliphatic carbocycles. The van der Waals surface area contributed by atoms with E-state index in [-0.39, 0.29) is 25.1 Å². The summed E-state index contributed by atoms with van der Waals surface area (Å²) in [7, 11) is 0. The maximum absolute atomic E-state index is 14.3. The Hall–Kier alpha value is -2.60. The van der Waals surface area contributed by atoms with Crippen molar-refractivity contribution in [1.82, 2.24) is 10.2 Å². The van der Waals surface area contributed by atoms with Crippen molar-refractivity contribution >= 4 is 23.4 Å². The van der Waals surface area contributed by atoms with Crippen LogP contribution in [0.5, 0.6) is 5.75 Å². The Kier molecular flexibility index (Phi) is 8.29. The van der Waals surface area contributed by atoms with Crippen molar-refractivity contribution in [2.24, 2.45) is 0 Å². The molecule has 1 saturated carbocycles. The lowest BCUT2D eigenvalue weighted by atomic mass is 9.95. The summed E-state index contributed by atoms with van der Waals surface area (Å²) >= 11 is 6.10. The Morgan fingerprint density at radius 1 is 1.13 bits per heavy atom. The van der Waals surface area contributed by atoms with Crippen LogP contribution in [0.1, 0.15) is 44.6 Å². The van der Waals surface area contributed by atoms with Gasteiger partial charge in [0.05, 0.1) is 5.02 Å². The lowest BCUT2D eigenvalue weighted by Crippen LogP contribution is -2.51. The van der Waals surface area contributed by atoms with Crippen molar-refractivity contribution in [2.75, 3.05) is 6.61 Å². The second kappa shape index (κ2) is 11.1. The van der Waals surface area contributed by atoms with Gasteiger partial charge in [0, 0.05) is 18.2 Å². The Balaban J connectivity index is 1.72. The molecule has 0 spiro atoms. The monoisotopic (exact) mass is 446 g/mol. The minimum absolute atomic E-state index is 0.0311. The molecule has 1 atom stereocenters. The van der Waals surface area contributed by atoms with E-state index in [4.69, 9.17) is 16.3 Å². The summed E-state index contributed by atoms with van der Waals surface area (Å²) in [6.45, 7) is 1.32. The fourth-order valence-corrected chi connectivity index (χ4v) is 3.94. The van der Waals surface area contributed by atoms with E-state index >= 15 is 0 Å². The number of rotatable bonds is 8. The van der Waals surface area contributed by atoms with Gasteiger partial charge in [-0.15, -0.1) is 0 Å². The highest BCUT2D eigenvalue weighted by molar-refractivity contribution is 6.32. The van der Waals surface area contributed by atoms with Crippen molar-refractivity contribution < 1.29 is 18.7 Å². The molecular weight excluding hydrogens is 419 g/mol. The standard InChI is InChI=1S/C24H28ClFN2O3/c1-17(24(30)27-19-10-3-2-4-11-19)28(15-18-9-5-7-13-21(18)26)23(29)16-31-22-14-8-6-12-20(22)25/h5-9,12-14,17,19H,2-4,10-11,15-16H2,1H3,(H,27,30)/t17-/m1/s1. The van der Waals surface area contributed by atoms with Crippen LogP contribution in [0.2, 0.25) is 5.02 Å². The number of nitrogens with one attached hydrogen (secondary N) is 1. The number of para-hydroxylation sites is 1. The number of carbonyl (C=O) groups excluding carboxylic acids is 2. The molecule has 5 nitrogen and oxygen atoms in total. The van der Waals surface area contributed by atoms with Gasteiger partial charge in [0.2, 0.25) is 5.91 Å². The highest BCUT2D eigenvalue weighted by Gasteiger charge is 2.29. The highest BCUT2D eigenvalue weighted by atomic mass is 35.5. The molecule has 31 heavy (non-hydrogen) atoms. The molecule has 0 radical (unpaired) electrons. The first-order valence-corrected chi connectivity index (χ1v) is 11.0. The summed E-state index contributed by atoms with van der Waals surface area (Å²) in [5.74, 6) is -0.710. The highest BCUT2D eigenvalue weighted by Crippen LogP contribution is 2.23. The van der Waals surface area contributed by atoms with E-state index in [2.05, 4.69) is 5.32 Å². The minimum Gasteiger partial charge on any atom is -0.482 e. The number of hydrogen-bond acceptors (Lipinski definition) is 3. The van der Waals surface area contributed by atoms with E-state index in [1.54, 1.807) is 49.4 Å². The van der Waals surface area contributed by atoms with Gasteiger partial charge in [0.15, 0.2) is 6.61 Å². The van der Waals surface area contributed by atoms with Gasteiger partial charge < -0.3 is 15.0 Å². The van der Waals surface area contributed by atoms with Crippen LogP contribution in [-0.2, 0) is 16.1 Å². The minimum atomic E-state index is -0.774.